The Morgan fingerprint density at radius 2 is 2.00 bits per heavy atom. The van der Waals surface area contributed by atoms with E-state index in [1.54, 1.807) is 0 Å². The number of amides is 1. The first kappa shape index (κ1) is 15.8. The third-order valence-corrected chi connectivity index (χ3v) is 4.84. The van der Waals surface area contributed by atoms with Crippen LogP contribution in [0, 0.1) is 5.92 Å². The second kappa shape index (κ2) is 6.99. The molecule has 1 aliphatic carbocycles. The van der Waals surface area contributed by atoms with Crippen LogP contribution in [-0.2, 0) is 16.1 Å². The summed E-state index contributed by atoms with van der Waals surface area (Å²) in [7, 11) is 0. The molecule has 4 rings (SSSR count). The molecule has 1 aromatic rings. The van der Waals surface area contributed by atoms with Crippen molar-refractivity contribution in [1.82, 2.24) is 4.90 Å². The Balaban J connectivity index is 1.63. The van der Waals surface area contributed by atoms with Crippen LogP contribution in [0.3, 0.4) is 0 Å². The number of hydrogen-bond donors (Lipinski definition) is 0. The van der Waals surface area contributed by atoms with Crippen LogP contribution in [0.15, 0.2) is 42.0 Å². The van der Waals surface area contributed by atoms with Crippen LogP contribution in [0.25, 0.3) is 0 Å². The lowest BCUT2D eigenvalue weighted by Crippen LogP contribution is -2.46. The third kappa shape index (κ3) is 3.46. The fraction of sp³-hybridized carbons (Fsp3) is 0.474. The van der Waals surface area contributed by atoms with Gasteiger partial charge in [-0.3, -0.25) is 4.79 Å². The number of carbonyl (C=O) groups is 2. The van der Waals surface area contributed by atoms with Crippen molar-refractivity contribution in [3.8, 4) is 0 Å². The largest absolute Gasteiger partial charge is 0.445 e. The molecule has 0 aromatic heterocycles. The number of ether oxygens (including phenoxy) is 1. The molecule has 0 N–H and O–H groups in total. The van der Waals surface area contributed by atoms with Gasteiger partial charge < -0.3 is 9.64 Å². The Morgan fingerprint density at radius 3 is 2.74 bits per heavy atom. The van der Waals surface area contributed by atoms with E-state index in [1.165, 1.54) is 0 Å². The smallest absolute Gasteiger partial charge is 0.410 e. The summed E-state index contributed by atoms with van der Waals surface area (Å²) in [4.78, 5) is 26.4. The van der Waals surface area contributed by atoms with Crippen molar-refractivity contribution < 1.29 is 14.3 Å². The molecule has 0 spiro atoms. The van der Waals surface area contributed by atoms with E-state index in [0.29, 0.717) is 19.6 Å². The van der Waals surface area contributed by atoms with Gasteiger partial charge in [0, 0.05) is 24.9 Å². The molecule has 1 amide bonds. The lowest BCUT2D eigenvalue weighted by molar-refractivity contribution is -0.116. The average molecular weight is 313 g/mol. The predicted molar refractivity (Wildman–Crippen MR) is 87.8 cm³/mol. The van der Waals surface area contributed by atoms with Crippen molar-refractivity contribution >= 4 is 11.9 Å². The van der Waals surface area contributed by atoms with Crippen LogP contribution < -0.4 is 0 Å². The van der Waals surface area contributed by atoms with E-state index in [-0.39, 0.29) is 23.8 Å². The summed E-state index contributed by atoms with van der Waals surface area (Å²) in [6.45, 7) is 2.80. The van der Waals surface area contributed by atoms with Gasteiger partial charge in [-0.1, -0.05) is 43.3 Å². The number of nitrogens with zero attached hydrogens (tertiary/aromatic N) is 1. The number of benzene rings is 1. The molecule has 122 valence electrons. The molecule has 3 aliphatic rings. The SMILES string of the molecule is CCC(=O)C1=CC[C@@H]2CC[C@H]1CN2C(=O)OCc1ccccc1. The van der Waals surface area contributed by atoms with Gasteiger partial charge in [-0.2, -0.15) is 0 Å². The quantitative estimate of drug-likeness (QED) is 0.851. The molecule has 0 radical (unpaired) electrons. The summed E-state index contributed by atoms with van der Waals surface area (Å²) in [5.41, 5.74) is 1.91. The summed E-state index contributed by atoms with van der Waals surface area (Å²) in [6.07, 6.45) is 5.02. The molecule has 2 aliphatic heterocycles. The van der Waals surface area contributed by atoms with Gasteiger partial charge >= 0.3 is 6.09 Å². The Hall–Kier alpha value is -2.10. The highest BCUT2D eigenvalue weighted by atomic mass is 16.6. The summed E-state index contributed by atoms with van der Waals surface area (Å²) >= 11 is 0. The van der Waals surface area contributed by atoms with Gasteiger partial charge in [0.25, 0.3) is 0 Å². The zero-order valence-corrected chi connectivity index (χ0v) is 13.5. The van der Waals surface area contributed by atoms with E-state index in [2.05, 4.69) is 6.08 Å². The van der Waals surface area contributed by atoms with Gasteiger partial charge in [0.05, 0.1) is 0 Å². The van der Waals surface area contributed by atoms with Gasteiger partial charge in [0.15, 0.2) is 5.78 Å². The van der Waals surface area contributed by atoms with Crippen molar-refractivity contribution in [2.24, 2.45) is 5.92 Å². The molecule has 23 heavy (non-hydrogen) atoms. The van der Waals surface area contributed by atoms with E-state index >= 15 is 0 Å². The average Bonchev–Trinajstić information content (AvgIpc) is 2.92. The summed E-state index contributed by atoms with van der Waals surface area (Å²) < 4.78 is 5.48. The molecule has 1 saturated heterocycles. The molecule has 2 heterocycles. The third-order valence-electron chi connectivity index (χ3n) is 4.84. The van der Waals surface area contributed by atoms with Crippen molar-refractivity contribution in [1.29, 1.82) is 0 Å². The van der Waals surface area contributed by atoms with Crippen LogP contribution in [0.2, 0.25) is 0 Å². The molecular formula is C19H23NO3. The summed E-state index contributed by atoms with van der Waals surface area (Å²) in [5.74, 6) is 0.389. The number of rotatable bonds is 4. The monoisotopic (exact) mass is 313 g/mol. The van der Waals surface area contributed by atoms with Crippen molar-refractivity contribution in [2.45, 2.75) is 45.3 Å². The molecule has 2 atom stereocenters. The van der Waals surface area contributed by atoms with Crippen LogP contribution in [0.1, 0.15) is 38.2 Å². The minimum atomic E-state index is -0.262. The van der Waals surface area contributed by atoms with Crippen molar-refractivity contribution in [3.05, 3.63) is 47.5 Å². The first-order valence-corrected chi connectivity index (χ1v) is 8.39. The molecule has 0 saturated carbocycles. The molecule has 2 bridgehead atoms. The minimum absolute atomic E-state index is 0.164. The van der Waals surface area contributed by atoms with Gasteiger partial charge in [0.1, 0.15) is 6.61 Å². The molecule has 1 aromatic carbocycles. The van der Waals surface area contributed by atoms with Gasteiger partial charge in [-0.25, -0.2) is 4.79 Å². The number of Topliss-reactive ketones (excluding diaryl/α,β-unsaturated/α-hetero) is 1. The van der Waals surface area contributed by atoms with Crippen LogP contribution in [0.5, 0.6) is 0 Å². The number of fused-ring (bicyclic) bond motifs is 3. The van der Waals surface area contributed by atoms with E-state index in [0.717, 1.165) is 30.4 Å². The number of piperidine rings is 1. The van der Waals surface area contributed by atoms with Gasteiger partial charge in [-0.05, 0) is 30.4 Å². The molecule has 0 unspecified atom stereocenters. The number of ketones is 1. The molecular weight excluding hydrogens is 290 g/mol. The van der Waals surface area contributed by atoms with E-state index in [4.69, 9.17) is 4.74 Å². The van der Waals surface area contributed by atoms with Crippen LogP contribution in [0.4, 0.5) is 4.79 Å². The van der Waals surface area contributed by atoms with Crippen LogP contribution in [-0.4, -0.2) is 29.4 Å². The topological polar surface area (TPSA) is 46.6 Å². The Morgan fingerprint density at radius 1 is 1.22 bits per heavy atom. The second-order valence-electron chi connectivity index (χ2n) is 6.29. The minimum Gasteiger partial charge on any atom is -0.445 e. The first-order chi connectivity index (χ1) is 11.2. The Bertz CT molecular complexity index is 608. The standard InChI is InChI=1S/C19H23NO3/c1-2-18(21)17-11-10-16-9-8-15(17)12-20(16)19(22)23-13-14-6-4-3-5-7-14/h3-7,11,15-16H,2,8-10,12-13H2,1H3/t15-,16-/m0/s1. The maximum absolute atomic E-state index is 12.5. The second-order valence-corrected chi connectivity index (χ2v) is 6.29. The Labute approximate surface area is 137 Å². The van der Waals surface area contributed by atoms with E-state index in [1.807, 2.05) is 42.2 Å². The number of hydrogen-bond acceptors (Lipinski definition) is 3. The van der Waals surface area contributed by atoms with Gasteiger partial charge in [-0.15, -0.1) is 0 Å². The highest BCUT2D eigenvalue weighted by molar-refractivity contribution is 5.95. The van der Waals surface area contributed by atoms with Crippen molar-refractivity contribution in [2.75, 3.05) is 6.54 Å². The maximum atomic E-state index is 12.5. The van der Waals surface area contributed by atoms with Gasteiger partial charge in [0.2, 0.25) is 0 Å². The zero-order valence-electron chi connectivity index (χ0n) is 13.5. The Kier molecular flexibility index (Phi) is 4.79. The normalized spacial score (nSPS) is 23.2. The predicted octanol–water partition coefficient (Wildman–Crippen LogP) is 3.71. The number of carbonyl (C=O) groups excluding carboxylic acids is 2. The molecule has 4 heteroatoms. The molecule has 1 fully saturated rings. The van der Waals surface area contributed by atoms with E-state index < -0.39 is 0 Å². The first-order valence-electron chi connectivity index (χ1n) is 8.39. The maximum Gasteiger partial charge on any atom is 0.410 e. The summed E-state index contributed by atoms with van der Waals surface area (Å²) in [5, 5.41) is 0. The summed E-state index contributed by atoms with van der Waals surface area (Å²) in [6, 6.07) is 9.87. The highest BCUT2D eigenvalue weighted by Crippen LogP contribution is 2.34. The lowest BCUT2D eigenvalue weighted by atomic mass is 9.88. The fourth-order valence-electron chi connectivity index (χ4n) is 3.53. The zero-order chi connectivity index (χ0) is 16.2. The fourth-order valence-corrected chi connectivity index (χ4v) is 3.53. The van der Waals surface area contributed by atoms with Crippen LogP contribution >= 0.6 is 0 Å². The lowest BCUT2D eigenvalue weighted by Gasteiger charge is -2.36. The van der Waals surface area contributed by atoms with E-state index in [9.17, 15) is 9.59 Å². The van der Waals surface area contributed by atoms with Crippen molar-refractivity contribution in [3.63, 3.8) is 0 Å². The molecule has 4 nitrogen and oxygen atoms in total. The highest BCUT2D eigenvalue weighted by Gasteiger charge is 2.37.